The number of anilines is 1. The number of likely N-dealkylation sites (tertiary alicyclic amines) is 1. The number of likely N-dealkylation sites (N-methyl/N-ethyl adjacent to an activating group) is 1. The molecule has 2 aromatic carbocycles. The van der Waals surface area contributed by atoms with Gasteiger partial charge in [0.1, 0.15) is 29.2 Å². The fourth-order valence-electron chi connectivity index (χ4n) is 8.66. The molecule has 1 fully saturated rings. The molecule has 0 bridgehead atoms. The number of carboxylic acids is 1. The number of benzene rings is 2. The minimum atomic E-state index is -1.30. The van der Waals surface area contributed by atoms with Crippen LogP contribution in [0.2, 0.25) is 0 Å². The van der Waals surface area contributed by atoms with Crippen LogP contribution in [0.3, 0.4) is 0 Å². The second kappa shape index (κ2) is 26.9. The molecular weight excluding hydrogens is 916 g/mol. The zero-order valence-corrected chi connectivity index (χ0v) is 43.1. The van der Waals surface area contributed by atoms with Gasteiger partial charge in [0.15, 0.2) is 6.10 Å². The van der Waals surface area contributed by atoms with Crippen LogP contribution >= 0.6 is 11.3 Å². The Morgan fingerprint density at radius 3 is 2.39 bits per heavy atom. The topological polar surface area (TPSA) is 188 Å². The molecule has 1 unspecified atom stereocenters. The van der Waals surface area contributed by atoms with Crippen LogP contribution in [0.4, 0.5) is 14.9 Å². The summed E-state index contributed by atoms with van der Waals surface area (Å²) in [5, 5.41) is 18.0. The second-order valence-electron chi connectivity index (χ2n) is 19.4. The Kier molecular flexibility index (Phi) is 21.8. The van der Waals surface area contributed by atoms with Crippen molar-refractivity contribution in [1.82, 2.24) is 25.4 Å². The largest absolute Gasteiger partial charge is 0.481 e. The number of thiazole rings is 1. The van der Waals surface area contributed by atoms with Crippen LogP contribution in [0.15, 0.2) is 53.9 Å². The van der Waals surface area contributed by atoms with Crippen LogP contribution in [0.25, 0.3) is 0 Å². The lowest BCUT2D eigenvalue weighted by Crippen LogP contribution is -2.59. The third-order valence-corrected chi connectivity index (χ3v) is 14.0. The highest BCUT2D eigenvalue weighted by molar-refractivity contribution is 7.09. The number of nitrogens with zero attached hydrogens (tertiary/aromatic N) is 4. The molecule has 1 saturated heterocycles. The maximum Gasteiger partial charge on any atom is 0.414 e. The molecule has 0 aliphatic carbocycles. The molecule has 6 atom stereocenters. The van der Waals surface area contributed by atoms with Crippen molar-refractivity contribution in [3.63, 3.8) is 0 Å². The lowest BCUT2D eigenvalue weighted by molar-refractivity contribution is -0.150. The molecular formula is C53H73FN6O9S. The molecule has 3 aromatic rings. The molecule has 0 saturated carbocycles. The average Bonchev–Trinajstić information content (AvgIpc) is 3.82. The van der Waals surface area contributed by atoms with Crippen LogP contribution in [-0.4, -0.2) is 107 Å². The summed E-state index contributed by atoms with van der Waals surface area (Å²) in [7, 11) is 3.31. The van der Waals surface area contributed by atoms with Gasteiger partial charge in [0.25, 0.3) is 5.91 Å². The molecule has 17 heteroatoms. The summed E-state index contributed by atoms with van der Waals surface area (Å²) in [6.07, 6.45) is 9.07. The number of aromatic nitrogens is 1. The molecule has 70 heavy (non-hydrogen) atoms. The normalized spacial score (nSPS) is 16.2. The number of esters is 1. The van der Waals surface area contributed by atoms with Gasteiger partial charge in [0.2, 0.25) is 11.8 Å². The Labute approximate surface area is 417 Å². The second-order valence-corrected chi connectivity index (χ2v) is 20.3. The van der Waals surface area contributed by atoms with E-state index in [4.69, 9.17) is 15.9 Å². The molecule has 0 spiro atoms. The first kappa shape index (κ1) is 56.7. The molecule has 3 N–H and O–H groups in total. The van der Waals surface area contributed by atoms with E-state index in [-0.39, 0.29) is 66.9 Å². The van der Waals surface area contributed by atoms with E-state index in [9.17, 15) is 33.9 Å². The zero-order chi connectivity index (χ0) is 51.7. The third-order valence-electron chi connectivity index (χ3n) is 13.1. The van der Waals surface area contributed by atoms with Crippen molar-refractivity contribution in [2.24, 2.45) is 17.3 Å². The van der Waals surface area contributed by atoms with E-state index in [1.165, 1.54) is 51.4 Å². The monoisotopic (exact) mass is 989 g/mol. The number of halogens is 1. The summed E-state index contributed by atoms with van der Waals surface area (Å²) in [6.45, 7) is 13.3. The highest BCUT2D eigenvalue weighted by atomic mass is 32.1. The zero-order valence-electron chi connectivity index (χ0n) is 42.3. The van der Waals surface area contributed by atoms with E-state index in [1.54, 1.807) is 17.0 Å². The van der Waals surface area contributed by atoms with Gasteiger partial charge in [-0.3, -0.25) is 33.8 Å². The third kappa shape index (κ3) is 16.4. The molecule has 4 rings (SSSR count). The number of hydrogen-bond donors (Lipinski definition) is 3. The maximum atomic E-state index is 15.3. The van der Waals surface area contributed by atoms with E-state index in [1.807, 2.05) is 57.8 Å². The highest BCUT2D eigenvalue weighted by Crippen LogP contribution is 2.33. The van der Waals surface area contributed by atoms with Gasteiger partial charge in [-0.25, -0.2) is 14.2 Å². The van der Waals surface area contributed by atoms with Crippen LogP contribution in [0.5, 0.6) is 0 Å². The van der Waals surface area contributed by atoms with Gasteiger partial charge in [-0.05, 0) is 101 Å². The number of aliphatic carboxylic acids is 1. The Morgan fingerprint density at radius 2 is 1.76 bits per heavy atom. The number of ether oxygens (including phenoxy) is 2. The molecule has 1 aliphatic heterocycles. The fourth-order valence-corrected chi connectivity index (χ4v) is 9.50. The number of carbonyl (C=O) groups is 6. The molecule has 0 radical (unpaired) electrons. The summed E-state index contributed by atoms with van der Waals surface area (Å²) >= 11 is 1.10. The summed E-state index contributed by atoms with van der Waals surface area (Å²) in [4.78, 5) is 90.5. The lowest BCUT2D eigenvalue weighted by Gasteiger charge is -2.40. The summed E-state index contributed by atoms with van der Waals surface area (Å²) < 4.78 is 26.6. The Balaban J connectivity index is 1.61. The quantitative estimate of drug-likeness (QED) is 0.0419. The van der Waals surface area contributed by atoms with Crippen molar-refractivity contribution in [1.29, 1.82) is 0 Å². The average molecular weight is 989 g/mol. The van der Waals surface area contributed by atoms with Gasteiger partial charge in [-0.2, -0.15) is 0 Å². The number of hydrogen-bond acceptors (Lipinski definition) is 11. The fraction of sp³-hybridized carbons (Fsp3) is 0.566. The first-order valence-electron chi connectivity index (χ1n) is 24.3. The Bertz CT molecular complexity index is 2280. The van der Waals surface area contributed by atoms with Gasteiger partial charge in [-0.15, -0.1) is 23.7 Å². The van der Waals surface area contributed by atoms with Crippen LogP contribution < -0.4 is 15.5 Å². The van der Waals surface area contributed by atoms with E-state index < -0.39 is 59.4 Å². The predicted octanol–water partition coefficient (Wildman–Crippen LogP) is 8.56. The van der Waals surface area contributed by atoms with Crippen molar-refractivity contribution in [3.05, 3.63) is 81.6 Å². The molecule has 1 aromatic heterocycles. The van der Waals surface area contributed by atoms with Gasteiger partial charge in [0.05, 0.1) is 17.1 Å². The van der Waals surface area contributed by atoms with Gasteiger partial charge in [0, 0.05) is 50.8 Å². The van der Waals surface area contributed by atoms with E-state index in [0.717, 1.165) is 41.2 Å². The first-order valence-corrected chi connectivity index (χ1v) is 25.2. The number of rotatable bonds is 25. The van der Waals surface area contributed by atoms with Crippen molar-refractivity contribution < 1.29 is 47.7 Å². The Morgan fingerprint density at radius 1 is 1.04 bits per heavy atom. The van der Waals surface area contributed by atoms with E-state index in [2.05, 4.69) is 21.5 Å². The maximum absolute atomic E-state index is 15.3. The Hall–Kier alpha value is -5.86. The van der Waals surface area contributed by atoms with Gasteiger partial charge < -0.3 is 30.1 Å². The number of piperidine rings is 1. The number of carbonyl (C=O) groups excluding carboxylic acids is 5. The van der Waals surface area contributed by atoms with Crippen LogP contribution in [-0.2, 0) is 41.7 Å². The number of unbranched alkanes of at least 4 members (excludes halogenated alkanes) is 2. The number of nitrogens with one attached hydrogen (secondary N) is 2. The van der Waals surface area contributed by atoms with Crippen molar-refractivity contribution in [2.45, 2.75) is 150 Å². The molecule has 2 heterocycles. The number of carboxylic acid groups (broad SMARTS) is 1. The van der Waals surface area contributed by atoms with Crippen molar-refractivity contribution in [3.8, 4) is 12.3 Å². The summed E-state index contributed by atoms with van der Waals surface area (Å²) in [5.74, 6) is -1.09. The smallest absolute Gasteiger partial charge is 0.414 e. The van der Waals surface area contributed by atoms with E-state index in [0.29, 0.717) is 49.2 Å². The SMILES string of the molecule is C#CCCCCN(C(=O)[C@@H](NC(=O)[C@H]1CCCCN1C)[C@@H](C)CC)[C@H](C[C@@H](OC(C)=O)c1nc(C(=O)NC(Cc2ccc(F)c(N(C)C(=O)OCc3ccccc3)c2)CC(C)(C)C(=O)O)cs1)C(C)C. The van der Waals surface area contributed by atoms with Gasteiger partial charge >= 0.3 is 18.0 Å². The van der Waals surface area contributed by atoms with Crippen molar-refractivity contribution >= 4 is 52.8 Å². The first-order chi connectivity index (χ1) is 33.2. The van der Waals surface area contributed by atoms with Crippen LogP contribution in [0.1, 0.15) is 139 Å². The molecule has 4 amide bonds. The highest BCUT2D eigenvalue weighted by Gasteiger charge is 2.39. The molecule has 15 nitrogen and oxygen atoms in total. The summed E-state index contributed by atoms with van der Waals surface area (Å²) in [6, 6.07) is 10.7. The predicted molar refractivity (Wildman–Crippen MR) is 268 cm³/mol. The van der Waals surface area contributed by atoms with Gasteiger partial charge in [-0.1, -0.05) is 76.9 Å². The number of terminal acetylenes is 1. The number of amides is 4. The minimum Gasteiger partial charge on any atom is -0.481 e. The summed E-state index contributed by atoms with van der Waals surface area (Å²) in [5.41, 5.74) is -0.116. The standard InChI is InChI=1S/C53H73FN6O9S/c1-11-13-14-19-27-60(50(64)46(35(5)12-2)57-48(63)42-23-18-20-26-58(42)9)43(34(3)4)30-45(69-36(6)61)49-56-41(33-70-49)47(62)55-39(31-53(7,8)51(65)66)28-38-24-25-40(54)44(29-38)59(10)52(67)68-32-37-21-16-15-17-22-37/h1,15-17,21-22,24-25,29,33-35,39,42-43,45-46H,12-14,18-20,23,26-28,30-32H2,2-10H3,(H,55,62)(H,57,63)(H,65,66)/t35-,39?,42+,43+,45+,46-/m0/s1. The minimum absolute atomic E-state index is 0.00786. The molecule has 1 aliphatic rings. The van der Waals surface area contributed by atoms with E-state index >= 15 is 4.39 Å². The lowest BCUT2D eigenvalue weighted by atomic mass is 9.84. The van der Waals surface area contributed by atoms with Crippen molar-refractivity contribution in [2.75, 3.05) is 32.1 Å². The van der Waals surface area contributed by atoms with Crippen LogP contribution in [0, 0.1) is 35.4 Å². The molecule has 382 valence electrons.